The molecule has 1 saturated heterocycles. The first kappa shape index (κ1) is 19.7. The van der Waals surface area contributed by atoms with Gasteiger partial charge < -0.3 is 9.64 Å². The molecule has 8 heteroatoms. The van der Waals surface area contributed by atoms with Gasteiger partial charge in [-0.3, -0.25) is 0 Å². The van der Waals surface area contributed by atoms with E-state index in [0.29, 0.717) is 31.5 Å². The highest BCUT2D eigenvalue weighted by atomic mass is 32.2. The second-order valence-electron chi connectivity index (χ2n) is 7.25. The third-order valence-corrected chi connectivity index (χ3v) is 5.17. The number of halogens is 1. The van der Waals surface area contributed by atoms with E-state index in [2.05, 4.69) is 4.72 Å². The Bertz CT molecular complexity index is 690. The van der Waals surface area contributed by atoms with Crippen LogP contribution in [0, 0.1) is 5.82 Å². The number of nitrogens with one attached hydrogen (secondary N) is 1. The number of carbonyl (C=O) groups is 1. The van der Waals surface area contributed by atoms with E-state index in [-0.39, 0.29) is 17.9 Å². The Balaban J connectivity index is 1.84. The van der Waals surface area contributed by atoms with Crippen LogP contribution >= 0.6 is 0 Å². The van der Waals surface area contributed by atoms with E-state index in [1.165, 1.54) is 24.3 Å². The number of hydrogen-bond acceptors (Lipinski definition) is 4. The fourth-order valence-corrected chi connectivity index (χ4v) is 4.06. The van der Waals surface area contributed by atoms with Crippen molar-refractivity contribution >= 4 is 16.1 Å². The van der Waals surface area contributed by atoms with Gasteiger partial charge in [0.05, 0.1) is 5.75 Å². The standard InChI is InChI=1S/C17H25FN2O4S/c1-17(2,3)24-16(21)20-10-8-15(9-11-20)19-25(22,23)12-13-4-6-14(18)7-5-13/h4-7,15,19H,8-12H2,1-3H3. The van der Waals surface area contributed by atoms with Crippen molar-refractivity contribution in [2.24, 2.45) is 0 Å². The van der Waals surface area contributed by atoms with Gasteiger partial charge in [-0.25, -0.2) is 22.3 Å². The van der Waals surface area contributed by atoms with Gasteiger partial charge in [-0.05, 0) is 51.3 Å². The topological polar surface area (TPSA) is 75.7 Å². The molecule has 0 spiro atoms. The highest BCUT2D eigenvalue weighted by Crippen LogP contribution is 2.17. The number of carbonyl (C=O) groups excluding carboxylic acids is 1. The van der Waals surface area contributed by atoms with E-state index in [0.717, 1.165) is 0 Å². The number of piperidine rings is 1. The monoisotopic (exact) mass is 372 g/mol. The number of rotatable bonds is 4. The molecule has 1 aromatic carbocycles. The predicted molar refractivity (Wildman–Crippen MR) is 93.0 cm³/mol. The molecular formula is C17H25FN2O4S. The van der Waals surface area contributed by atoms with Gasteiger partial charge in [-0.15, -0.1) is 0 Å². The number of ether oxygens (including phenoxy) is 1. The van der Waals surface area contributed by atoms with Crippen LogP contribution in [0.2, 0.25) is 0 Å². The smallest absolute Gasteiger partial charge is 0.410 e. The SMILES string of the molecule is CC(C)(C)OC(=O)N1CCC(NS(=O)(=O)Cc2ccc(F)cc2)CC1. The molecule has 0 aliphatic carbocycles. The molecule has 0 unspecified atom stereocenters. The van der Waals surface area contributed by atoms with Crippen LogP contribution < -0.4 is 4.72 Å². The lowest BCUT2D eigenvalue weighted by Gasteiger charge is -2.33. The minimum Gasteiger partial charge on any atom is -0.444 e. The van der Waals surface area contributed by atoms with Gasteiger partial charge in [0.15, 0.2) is 0 Å². The summed E-state index contributed by atoms with van der Waals surface area (Å²) in [5.41, 5.74) is -0.0231. The molecule has 1 aromatic rings. The fraction of sp³-hybridized carbons (Fsp3) is 0.588. The van der Waals surface area contributed by atoms with Crippen LogP contribution in [0.4, 0.5) is 9.18 Å². The summed E-state index contributed by atoms with van der Waals surface area (Å²) in [6, 6.07) is 5.18. The number of nitrogens with zero attached hydrogens (tertiary/aromatic N) is 1. The van der Waals surface area contributed by atoms with E-state index in [9.17, 15) is 17.6 Å². The third-order valence-electron chi connectivity index (χ3n) is 3.76. The normalized spacial score (nSPS) is 16.7. The molecule has 6 nitrogen and oxygen atoms in total. The summed E-state index contributed by atoms with van der Waals surface area (Å²) in [7, 11) is -3.52. The quantitative estimate of drug-likeness (QED) is 0.882. The molecule has 1 amide bonds. The van der Waals surface area contributed by atoms with Crippen molar-refractivity contribution in [2.75, 3.05) is 13.1 Å². The average Bonchev–Trinajstić information content (AvgIpc) is 2.48. The lowest BCUT2D eigenvalue weighted by atomic mass is 10.1. The van der Waals surface area contributed by atoms with Crippen LogP contribution in [0.25, 0.3) is 0 Å². The van der Waals surface area contributed by atoms with E-state index in [1.54, 1.807) is 25.7 Å². The Morgan fingerprint density at radius 3 is 2.32 bits per heavy atom. The highest BCUT2D eigenvalue weighted by molar-refractivity contribution is 7.88. The van der Waals surface area contributed by atoms with E-state index in [4.69, 9.17) is 4.74 Å². The average molecular weight is 372 g/mol. The second kappa shape index (κ2) is 7.70. The number of likely N-dealkylation sites (tertiary alicyclic amines) is 1. The van der Waals surface area contributed by atoms with Crippen molar-refractivity contribution < 1.29 is 22.3 Å². The number of benzene rings is 1. The van der Waals surface area contributed by atoms with Crippen LogP contribution in [-0.4, -0.2) is 44.1 Å². The summed E-state index contributed by atoms with van der Waals surface area (Å²) >= 11 is 0. The Labute approximate surface area is 148 Å². The predicted octanol–water partition coefficient (Wildman–Crippen LogP) is 2.64. The molecule has 0 bridgehead atoms. The van der Waals surface area contributed by atoms with Gasteiger partial charge in [0, 0.05) is 19.1 Å². The van der Waals surface area contributed by atoms with Crippen LogP contribution in [0.3, 0.4) is 0 Å². The van der Waals surface area contributed by atoms with Crippen LogP contribution in [0.1, 0.15) is 39.2 Å². The van der Waals surface area contributed by atoms with Crippen molar-refractivity contribution in [3.63, 3.8) is 0 Å². The molecule has 1 N–H and O–H groups in total. The largest absolute Gasteiger partial charge is 0.444 e. The molecule has 140 valence electrons. The summed E-state index contributed by atoms with van der Waals surface area (Å²) < 4.78 is 45.4. The zero-order valence-corrected chi connectivity index (χ0v) is 15.6. The zero-order chi connectivity index (χ0) is 18.7. The molecular weight excluding hydrogens is 347 g/mol. The van der Waals surface area contributed by atoms with Crippen molar-refractivity contribution in [1.29, 1.82) is 0 Å². The first-order valence-electron chi connectivity index (χ1n) is 8.26. The Morgan fingerprint density at radius 1 is 1.24 bits per heavy atom. The molecule has 25 heavy (non-hydrogen) atoms. The minimum absolute atomic E-state index is 0.195. The van der Waals surface area contributed by atoms with E-state index in [1.807, 2.05) is 0 Å². The molecule has 1 fully saturated rings. The molecule has 1 aliphatic heterocycles. The molecule has 0 saturated carbocycles. The lowest BCUT2D eigenvalue weighted by molar-refractivity contribution is 0.0203. The summed E-state index contributed by atoms with van der Waals surface area (Å²) in [5, 5.41) is 0. The Morgan fingerprint density at radius 2 is 1.80 bits per heavy atom. The van der Waals surface area contributed by atoms with Crippen LogP contribution in [0.15, 0.2) is 24.3 Å². The van der Waals surface area contributed by atoms with Crippen molar-refractivity contribution in [3.8, 4) is 0 Å². The summed E-state index contributed by atoms with van der Waals surface area (Å²) in [4.78, 5) is 13.6. The number of sulfonamides is 1. The first-order valence-corrected chi connectivity index (χ1v) is 9.92. The molecule has 1 heterocycles. The summed E-state index contributed by atoms with van der Waals surface area (Å²) in [6.07, 6.45) is 0.684. The van der Waals surface area contributed by atoms with Crippen molar-refractivity contribution in [1.82, 2.24) is 9.62 Å². The number of hydrogen-bond donors (Lipinski definition) is 1. The Kier molecular flexibility index (Phi) is 6.05. The molecule has 0 aromatic heterocycles. The lowest BCUT2D eigenvalue weighted by Crippen LogP contribution is -2.47. The van der Waals surface area contributed by atoms with Crippen molar-refractivity contribution in [3.05, 3.63) is 35.6 Å². The zero-order valence-electron chi connectivity index (χ0n) is 14.8. The van der Waals surface area contributed by atoms with E-state index >= 15 is 0 Å². The van der Waals surface area contributed by atoms with Crippen LogP contribution in [-0.2, 0) is 20.5 Å². The van der Waals surface area contributed by atoms with Crippen LogP contribution in [0.5, 0.6) is 0 Å². The summed E-state index contributed by atoms with van der Waals surface area (Å²) in [5.74, 6) is -0.594. The van der Waals surface area contributed by atoms with Gasteiger partial charge >= 0.3 is 6.09 Å². The first-order chi connectivity index (χ1) is 11.5. The Hall–Kier alpha value is -1.67. The maximum absolute atomic E-state index is 12.9. The highest BCUT2D eigenvalue weighted by Gasteiger charge is 2.28. The van der Waals surface area contributed by atoms with Gasteiger partial charge in [0.2, 0.25) is 10.0 Å². The maximum Gasteiger partial charge on any atom is 0.410 e. The summed E-state index contributed by atoms with van der Waals surface area (Å²) in [6.45, 7) is 6.31. The number of amides is 1. The van der Waals surface area contributed by atoms with Gasteiger partial charge in [-0.1, -0.05) is 12.1 Å². The molecule has 1 aliphatic rings. The van der Waals surface area contributed by atoms with E-state index < -0.39 is 21.4 Å². The van der Waals surface area contributed by atoms with Gasteiger partial charge in [0.1, 0.15) is 11.4 Å². The second-order valence-corrected chi connectivity index (χ2v) is 9.00. The molecule has 0 atom stereocenters. The third kappa shape index (κ3) is 6.62. The fourth-order valence-electron chi connectivity index (χ4n) is 2.60. The van der Waals surface area contributed by atoms with Gasteiger partial charge in [0.25, 0.3) is 0 Å². The molecule has 0 radical (unpaired) electrons. The van der Waals surface area contributed by atoms with Crippen molar-refractivity contribution in [2.45, 2.75) is 51.0 Å². The minimum atomic E-state index is -3.52. The van der Waals surface area contributed by atoms with Gasteiger partial charge in [-0.2, -0.15) is 0 Å². The molecule has 2 rings (SSSR count). The maximum atomic E-state index is 12.9.